The number of carbonyl (C=O) groups excluding carboxylic acids is 1. The smallest absolute Gasteiger partial charge is 0.184 e. The highest BCUT2D eigenvalue weighted by Crippen LogP contribution is 2.31. The first kappa shape index (κ1) is 6.28. The summed E-state index contributed by atoms with van der Waals surface area (Å²) in [4.78, 5) is 10.8. The van der Waals surface area contributed by atoms with Gasteiger partial charge in [-0.1, -0.05) is 0 Å². The van der Waals surface area contributed by atoms with Crippen molar-refractivity contribution in [1.82, 2.24) is 0 Å². The minimum atomic E-state index is -1.33. The minimum Gasteiger partial charge on any atom is -0.371 e. The molecule has 3 atom stereocenters. The fourth-order valence-corrected chi connectivity index (χ4v) is 1.64. The average molecular weight is 144 g/mol. The van der Waals surface area contributed by atoms with E-state index in [2.05, 4.69) is 0 Å². The molecule has 0 amide bonds. The first-order valence-electron chi connectivity index (χ1n) is 3.59. The molecular formula is C7H9FO2. The van der Waals surface area contributed by atoms with Gasteiger partial charge in [-0.3, -0.25) is 4.79 Å². The zero-order chi connectivity index (χ0) is 7.14. The molecule has 2 saturated heterocycles. The molecule has 0 aromatic carbocycles. The van der Waals surface area contributed by atoms with Crippen molar-refractivity contribution in [2.24, 2.45) is 0 Å². The highest BCUT2D eigenvalue weighted by Gasteiger charge is 2.42. The summed E-state index contributed by atoms with van der Waals surface area (Å²) in [5, 5.41) is 0. The fraction of sp³-hybridized carbons (Fsp3) is 0.857. The fourth-order valence-electron chi connectivity index (χ4n) is 1.64. The Morgan fingerprint density at radius 2 is 2.30 bits per heavy atom. The van der Waals surface area contributed by atoms with Crippen molar-refractivity contribution in [3.05, 3.63) is 0 Å². The maximum atomic E-state index is 12.8. The van der Waals surface area contributed by atoms with E-state index in [0.717, 1.165) is 12.8 Å². The van der Waals surface area contributed by atoms with E-state index in [1.807, 2.05) is 0 Å². The van der Waals surface area contributed by atoms with Gasteiger partial charge in [-0.15, -0.1) is 0 Å². The molecule has 0 aliphatic carbocycles. The number of halogens is 1. The summed E-state index contributed by atoms with van der Waals surface area (Å²) < 4.78 is 18.0. The summed E-state index contributed by atoms with van der Waals surface area (Å²) in [7, 11) is 0. The maximum Gasteiger partial charge on any atom is 0.184 e. The van der Waals surface area contributed by atoms with E-state index in [9.17, 15) is 9.18 Å². The highest BCUT2D eigenvalue weighted by atomic mass is 19.1. The van der Waals surface area contributed by atoms with Crippen LogP contribution in [-0.4, -0.2) is 24.2 Å². The number of fused-ring (bicyclic) bond motifs is 2. The Balaban J connectivity index is 2.17. The molecule has 0 radical (unpaired) electrons. The van der Waals surface area contributed by atoms with Gasteiger partial charge in [0.2, 0.25) is 0 Å². The molecule has 2 aliphatic heterocycles. The number of alkyl halides is 1. The first-order chi connectivity index (χ1) is 4.77. The lowest BCUT2D eigenvalue weighted by Gasteiger charge is -2.21. The van der Waals surface area contributed by atoms with Crippen molar-refractivity contribution in [2.75, 3.05) is 0 Å². The van der Waals surface area contributed by atoms with Crippen LogP contribution in [0.3, 0.4) is 0 Å². The van der Waals surface area contributed by atoms with Crippen molar-refractivity contribution < 1.29 is 13.9 Å². The molecule has 2 fully saturated rings. The number of ketones is 1. The lowest BCUT2D eigenvalue weighted by Crippen LogP contribution is -2.36. The van der Waals surface area contributed by atoms with Gasteiger partial charge in [0.25, 0.3) is 0 Å². The molecule has 2 nitrogen and oxygen atoms in total. The molecule has 0 aromatic rings. The predicted octanol–water partition coefficient (Wildman–Crippen LogP) is 0.845. The molecule has 0 spiro atoms. The number of rotatable bonds is 0. The van der Waals surface area contributed by atoms with Crippen molar-refractivity contribution in [2.45, 2.75) is 37.6 Å². The van der Waals surface area contributed by atoms with Crippen LogP contribution in [-0.2, 0) is 9.53 Å². The quantitative estimate of drug-likeness (QED) is 0.503. The van der Waals surface area contributed by atoms with E-state index < -0.39 is 12.3 Å². The Hall–Kier alpha value is -0.440. The van der Waals surface area contributed by atoms with Crippen LogP contribution < -0.4 is 0 Å². The van der Waals surface area contributed by atoms with Crippen LogP contribution in [0.4, 0.5) is 4.39 Å². The molecule has 0 saturated carbocycles. The number of Topliss-reactive ketones (excluding diaryl/α,β-unsaturated/α-hetero) is 1. The standard InChI is InChI=1S/C7H9FO2/c8-7-5(9)3-4-1-2-6(7)10-4/h4,6-7H,1-3H2/t4-,6+,7-/m0/s1. The van der Waals surface area contributed by atoms with Gasteiger partial charge in [0.1, 0.15) is 0 Å². The Bertz CT molecular complexity index is 169. The number of hydrogen-bond donors (Lipinski definition) is 0. The lowest BCUT2D eigenvalue weighted by atomic mass is 10.1. The molecule has 0 unspecified atom stereocenters. The van der Waals surface area contributed by atoms with Gasteiger partial charge in [-0.25, -0.2) is 4.39 Å². The third-order valence-electron chi connectivity index (χ3n) is 2.20. The predicted molar refractivity (Wildman–Crippen MR) is 32.4 cm³/mol. The summed E-state index contributed by atoms with van der Waals surface area (Å²) in [5.41, 5.74) is 0. The van der Waals surface area contributed by atoms with Crippen molar-refractivity contribution >= 4 is 5.78 Å². The third-order valence-corrected chi connectivity index (χ3v) is 2.20. The van der Waals surface area contributed by atoms with Crippen LogP contribution in [0.15, 0.2) is 0 Å². The van der Waals surface area contributed by atoms with Crippen LogP contribution in [0.1, 0.15) is 19.3 Å². The summed E-state index contributed by atoms with van der Waals surface area (Å²) in [6.07, 6.45) is 0.154. The van der Waals surface area contributed by atoms with Gasteiger partial charge in [0.15, 0.2) is 12.0 Å². The first-order valence-corrected chi connectivity index (χ1v) is 3.59. The summed E-state index contributed by atoms with van der Waals surface area (Å²) in [6, 6.07) is 0. The van der Waals surface area contributed by atoms with Crippen LogP contribution >= 0.6 is 0 Å². The molecule has 2 bridgehead atoms. The molecule has 3 heteroatoms. The molecule has 2 heterocycles. The molecule has 0 aromatic heterocycles. The second-order valence-corrected chi connectivity index (χ2v) is 2.95. The SMILES string of the molecule is O=C1C[C@@H]2CC[C@@H](O2)[C@H]1F. The second kappa shape index (κ2) is 2.02. The molecule has 10 heavy (non-hydrogen) atoms. The zero-order valence-corrected chi connectivity index (χ0v) is 5.55. The normalized spacial score (nSPS) is 46.1. The van der Waals surface area contributed by atoms with Gasteiger partial charge in [0, 0.05) is 6.42 Å². The Morgan fingerprint density at radius 1 is 1.50 bits per heavy atom. The Morgan fingerprint density at radius 3 is 3.10 bits per heavy atom. The second-order valence-electron chi connectivity index (χ2n) is 2.95. The topological polar surface area (TPSA) is 26.3 Å². The average Bonchev–Trinajstić information content (AvgIpc) is 2.29. The van der Waals surface area contributed by atoms with Gasteiger partial charge < -0.3 is 4.74 Å². The van der Waals surface area contributed by atoms with E-state index >= 15 is 0 Å². The number of hydrogen-bond acceptors (Lipinski definition) is 2. The van der Waals surface area contributed by atoms with Crippen molar-refractivity contribution in [3.8, 4) is 0 Å². The zero-order valence-electron chi connectivity index (χ0n) is 5.55. The van der Waals surface area contributed by atoms with Crippen molar-refractivity contribution in [1.29, 1.82) is 0 Å². The molecule has 0 N–H and O–H groups in total. The van der Waals surface area contributed by atoms with Gasteiger partial charge in [0.05, 0.1) is 12.2 Å². The van der Waals surface area contributed by atoms with Crippen molar-refractivity contribution in [3.63, 3.8) is 0 Å². The van der Waals surface area contributed by atoms with Gasteiger partial charge in [-0.05, 0) is 12.8 Å². The lowest BCUT2D eigenvalue weighted by molar-refractivity contribution is -0.139. The maximum absolute atomic E-state index is 12.8. The van der Waals surface area contributed by atoms with Crippen LogP contribution in [0.2, 0.25) is 0 Å². The molecular weight excluding hydrogens is 135 g/mol. The molecule has 2 rings (SSSR count). The van der Waals surface area contributed by atoms with E-state index in [1.54, 1.807) is 0 Å². The van der Waals surface area contributed by atoms with E-state index in [-0.39, 0.29) is 18.3 Å². The monoisotopic (exact) mass is 144 g/mol. The molecule has 2 aliphatic rings. The van der Waals surface area contributed by atoms with Gasteiger partial charge in [-0.2, -0.15) is 0 Å². The number of ether oxygens (including phenoxy) is 1. The molecule has 56 valence electrons. The van der Waals surface area contributed by atoms with E-state index in [0.29, 0.717) is 0 Å². The van der Waals surface area contributed by atoms with Crippen LogP contribution in [0, 0.1) is 0 Å². The van der Waals surface area contributed by atoms with E-state index in [4.69, 9.17) is 4.74 Å². The summed E-state index contributed by atoms with van der Waals surface area (Å²) >= 11 is 0. The summed E-state index contributed by atoms with van der Waals surface area (Å²) in [6.45, 7) is 0. The van der Waals surface area contributed by atoms with E-state index in [1.165, 1.54) is 0 Å². The Labute approximate surface area is 58.4 Å². The third kappa shape index (κ3) is 0.770. The number of carbonyl (C=O) groups is 1. The minimum absolute atomic E-state index is 0.0319. The van der Waals surface area contributed by atoms with Crippen LogP contribution in [0.5, 0.6) is 0 Å². The summed E-state index contributed by atoms with van der Waals surface area (Å²) in [5.74, 6) is -0.265. The Kier molecular flexibility index (Phi) is 1.27. The highest BCUT2D eigenvalue weighted by molar-refractivity contribution is 5.85. The van der Waals surface area contributed by atoms with Crippen LogP contribution in [0.25, 0.3) is 0 Å². The largest absolute Gasteiger partial charge is 0.371 e. The van der Waals surface area contributed by atoms with Gasteiger partial charge >= 0.3 is 0 Å².